The molecule has 2 aromatic rings. The average Bonchev–Trinajstić information content (AvgIpc) is 2.85. The molecular formula is C18H14ClNO3S2. The zero-order valence-corrected chi connectivity index (χ0v) is 15.6. The van der Waals surface area contributed by atoms with Gasteiger partial charge in [-0.05, 0) is 42.8 Å². The van der Waals surface area contributed by atoms with Gasteiger partial charge in [0.1, 0.15) is 0 Å². The smallest absolute Gasteiger partial charge is 0.270 e. The lowest BCUT2D eigenvalue weighted by atomic mass is 10.2. The number of carbonyl (C=O) groups is 1. The largest absolute Gasteiger partial charge is 0.504 e. The lowest BCUT2D eigenvalue weighted by molar-refractivity contribution is -0.113. The van der Waals surface area contributed by atoms with Crippen LogP contribution in [0.3, 0.4) is 0 Å². The maximum absolute atomic E-state index is 12.8. The van der Waals surface area contributed by atoms with E-state index in [1.165, 1.54) is 22.7 Å². The molecule has 1 aliphatic heterocycles. The predicted molar refractivity (Wildman–Crippen MR) is 106 cm³/mol. The van der Waals surface area contributed by atoms with Crippen LogP contribution in [0.5, 0.6) is 11.5 Å². The van der Waals surface area contributed by atoms with Gasteiger partial charge in [-0.1, -0.05) is 53.8 Å². The highest BCUT2D eigenvalue weighted by Gasteiger charge is 2.34. The lowest BCUT2D eigenvalue weighted by Gasteiger charge is -2.15. The quantitative estimate of drug-likeness (QED) is 0.596. The highest BCUT2D eigenvalue weighted by atomic mass is 35.5. The molecule has 2 aromatic carbocycles. The fraction of sp³-hybridized carbons (Fsp3) is 0.111. The number of phenolic OH excluding ortho intramolecular Hbond substituents is 1. The van der Waals surface area contributed by atoms with Crippen molar-refractivity contribution in [3.63, 3.8) is 0 Å². The number of para-hydroxylation sites is 1. The number of aromatic hydroxyl groups is 1. The fourth-order valence-electron chi connectivity index (χ4n) is 2.35. The summed E-state index contributed by atoms with van der Waals surface area (Å²) in [5.74, 6) is 0.203. The Labute approximate surface area is 160 Å². The van der Waals surface area contributed by atoms with Gasteiger partial charge in [-0.2, -0.15) is 0 Å². The summed E-state index contributed by atoms with van der Waals surface area (Å²) in [6, 6.07) is 12.0. The molecule has 0 saturated carbocycles. The molecule has 0 unspecified atom stereocenters. The van der Waals surface area contributed by atoms with E-state index < -0.39 is 0 Å². The molecule has 0 atom stereocenters. The van der Waals surface area contributed by atoms with Crippen molar-refractivity contribution in [3.05, 3.63) is 58.0 Å². The van der Waals surface area contributed by atoms with Crippen molar-refractivity contribution >= 4 is 57.6 Å². The van der Waals surface area contributed by atoms with Crippen LogP contribution >= 0.6 is 35.6 Å². The van der Waals surface area contributed by atoms with Gasteiger partial charge >= 0.3 is 0 Å². The molecule has 1 aliphatic rings. The Morgan fingerprint density at radius 1 is 1.32 bits per heavy atom. The molecular weight excluding hydrogens is 378 g/mol. The Hall–Kier alpha value is -2.02. The summed E-state index contributed by atoms with van der Waals surface area (Å²) in [5, 5.41) is 10.2. The van der Waals surface area contributed by atoms with Gasteiger partial charge in [0.2, 0.25) is 0 Å². The minimum atomic E-state index is -0.228. The van der Waals surface area contributed by atoms with Gasteiger partial charge in [0.15, 0.2) is 15.8 Å². The summed E-state index contributed by atoms with van der Waals surface area (Å²) in [7, 11) is 0. The van der Waals surface area contributed by atoms with E-state index in [9.17, 15) is 9.90 Å². The molecule has 25 heavy (non-hydrogen) atoms. The van der Waals surface area contributed by atoms with E-state index in [1.807, 2.05) is 6.92 Å². The molecule has 4 nitrogen and oxygen atoms in total. The number of hydrogen-bond acceptors (Lipinski definition) is 5. The third-order valence-electron chi connectivity index (χ3n) is 3.47. The highest BCUT2D eigenvalue weighted by Crippen LogP contribution is 2.39. The second kappa shape index (κ2) is 7.47. The molecule has 1 heterocycles. The molecule has 128 valence electrons. The number of hydrogen-bond donors (Lipinski definition) is 1. The molecule has 0 bridgehead atoms. The summed E-state index contributed by atoms with van der Waals surface area (Å²) in [4.78, 5) is 14.7. The number of thiocarbonyl (C=S) groups is 1. The molecule has 0 radical (unpaired) electrons. The Morgan fingerprint density at radius 3 is 2.80 bits per heavy atom. The van der Waals surface area contributed by atoms with Gasteiger partial charge in [-0.25, -0.2) is 0 Å². The molecule has 1 saturated heterocycles. The van der Waals surface area contributed by atoms with Crippen LogP contribution < -0.4 is 9.64 Å². The van der Waals surface area contributed by atoms with Crippen molar-refractivity contribution in [2.24, 2.45) is 0 Å². The molecule has 0 spiro atoms. The molecule has 1 fully saturated rings. The fourth-order valence-corrected chi connectivity index (χ4v) is 3.86. The standard InChI is InChI=1S/C18H14ClNO3S2/c1-2-23-15-9-11(7-8-14(15)21)10-16-17(22)20(18(24)25-16)13-6-4-3-5-12(13)19/h3-10,21H,2H2,1H3/b16-10+. The van der Waals surface area contributed by atoms with Crippen LogP contribution in [-0.4, -0.2) is 21.9 Å². The Balaban J connectivity index is 1.93. The van der Waals surface area contributed by atoms with Gasteiger partial charge < -0.3 is 9.84 Å². The maximum Gasteiger partial charge on any atom is 0.270 e. The molecule has 0 aliphatic carbocycles. The Morgan fingerprint density at radius 2 is 2.08 bits per heavy atom. The highest BCUT2D eigenvalue weighted by molar-refractivity contribution is 8.27. The second-order valence-electron chi connectivity index (χ2n) is 5.13. The van der Waals surface area contributed by atoms with E-state index in [1.54, 1.807) is 42.5 Å². The van der Waals surface area contributed by atoms with Crippen LogP contribution in [0.4, 0.5) is 5.69 Å². The number of rotatable bonds is 4. The Kier molecular flexibility index (Phi) is 5.32. The van der Waals surface area contributed by atoms with Gasteiger partial charge in [-0.3, -0.25) is 9.69 Å². The van der Waals surface area contributed by atoms with E-state index in [2.05, 4.69) is 0 Å². The Bertz CT molecular complexity index is 882. The van der Waals surface area contributed by atoms with E-state index >= 15 is 0 Å². The van der Waals surface area contributed by atoms with Crippen LogP contribution in [0.15, 0.2) is 47.4 Å². The van der Waals surface area contributed by atoms with Crippen molar-refractivity contribution in [1.82, 2.24) is 0 Å². The van der Waals surface area contributed by atoms with Crippen LogP contribution in [0.25, 0.3) is 6.08 Å². The van der Waals surface area contributed by atoms with Crippen molar-refractivity contribution in [1.29, 1.82) is 0 Å². The maximum atomic E-state index is 12.8. The van der Waals surface area contributed by atoms with Crippen molar-refractivity contribution in [2.75, 3.05) is 11.5 Å². The number of carbonyl (C=O) groups excluding carboxylic acids is 1. The summed E-state index contributed by atoms with van der Waals surface area (Å²) < 4.78 is 5.80. The minimum Gasteiger partial charge on any atom is -0.504 e. The van der Waals surface area contributed by atoms with Crippen molar-refractivity contribution < 1.29 is 14.6 Å². The van der Waals surface area contributed by atoms with Crippen molar-refractivity contribution in [3.8, 4) is 11.5 Å². The summed E-state index contributed by atoms with van der Waals surface area (Å²) >= 11 is 12.7. The first-order valence-electron chi connectivity index (χ1n) is 7.49. The first-order chi connectivity index (χ1) is 12.0. The summed E-state index contributed by atoms with van der Waals surface area (Å²) in [6.07, 6.45) is 1.72. The van der Waals surface area contributed by atoms with E-state index in [-0.39, 0.29) is 11.7 Å². The molecule has 1 N–H and O–H groups in total. The number of ether oxygens (including phenoxy) is 1. The van der Waals surface area contributed by atoms with E-state index in [4.69, 9.17) is 28.6 Å². The number of nitrogens with zero attached hydrogens (tertiary/aromatic N) is 1. The number of phenols is 1. The molecule has 3 rings (SSSR count). The number of anilines is 1. The van der Waals surface area contributed by atoms with Crippen LogP contribution in [0.2, 0.25) is 5.02 Å². The number of benzene rings is 2. The monoisotopic (exact) mass is 391 g/mol. The van der Waals surface area contributed by atoms with Crippen molar-refractivity contribution in [2.45, 2.75) is 6.92 Å². The topological polar surface area (TPSA) is 49.8 Å². The molecule has 1 amide bonds. The average molecular weight is 392 g/mol. The van der Waals surface area contributed by atoms with Crippen LogP contribution in [0, 0.1) is 0 Å². The first kappa shape index (κ1) is 17.8. The van der Waals surface area contributed by atoms with Crippen LogP contribution in [-0.2, 0) is 4.79 Å². The third kappa shape index (κ3) is 3.66. The normalized spacial score (nSPS) is 15.9. The number of amides is 1. The predicted octanol–water partition coefficient (Wildman–Crippen LogP) is 4.85. The minimum absolute atomic E-state index is 0.0580. The van der Waals surface area contributed by atoms with Gasteiger partial charge in [0.05, 0.1) is 22.2 Å². The third-order valence-corrected chi connectivity index (χ3v) is 5.09. The molecule has 0 aromatic heterocycles. The van der Waals surface area contributed by atoms with Crippen LogP contribution in [0.1, 0.15) is 12.5 Å². The summed E-state index contributed by atoms with van der Waals surface area (Å²) in [5.41, 5.74) is 1.30. The SMILES string of the molecule is CCOc1cc(/C=C2/SC(=S)N(c3ccccc3Cl)C2=O)ccc1O. The first-order valence-corrected chi connectivity index (χ1v) is 9.10. The lowest BCUT2D eigenvalue weighted by Crippen LogP contribution is -2.27. The second-order valence-corrected chi connectivity index (χ2v) is 7.21. The van der Waals surface area contributed by atoms with Gasteiger partial charge in [-0.15, -0.1) is 0 Å². The molecule has 7 heteroatoms. The zero-order chi connectivity index (χ0) is 18.0. The zero-order valence-electron chi connectivity index (χ0n) is 13.2. The summed E-state index contributed by atoms with van der Waals surface area (Å²) in [6.45, 7) is 2.27. The van der Waals surface area contributed by atoms with Gasteiger partial charge in [0, 0.05) is 0 Å². The van der Waals surface area contributed by atoms with E-state index in [0.29, 0.717) is 32.3 Å². The number of halogens is 1. The number of thioether (sulfide) groups is 1. The van der Waals surface area contributed by atoms with E-state index in [0.717, 1.165) is 5.56 Å². The van der Waals surface area contributed by atoms with Gasteiger partial charge in [0.25, 0.3) is 5.91 Å².